The molecule has 2 heterocycles. The molecule has 0 fully saturated rings. The maximum Gasteiger partial charge on any atom is 0.295 e. The third-order valence-corrected chi connectivity index (χ3v) is 6.85. The molecule has 208 valence electrons. The summed E-state index contributed by atoms with van der Waals surface area (Å²) in [6.07, 6.45) is 0. The van der Waals surface area contributed by atoms with Gasteiger partial charge < -0.3 is 20.3 Å². The molecule has 0 unspecified atom stereocenters. The number of aromatic nitrogens is 3. The van der Waals surface area contributed by atoms with Gasteiger partial charge in [0, 0.05) is 23.1 Å². The second kappa shape index (κ2) is 11.4. The van der Waals surface area contributed by atoms with Gasteiger partial charge in [0.1, 0.15) is 18.0 Å². The van der Waals surface area contributed by atoms with E-state index in [9.17, 15) is 19.1 Å². The molecule has 0 spiro atoms. The largest absolute Gasteiger partial charge is 0.493 e. The van der Waals surface area contributed by atoms with Crippen LogP contribution in [0.2, 0.25) is 5.02 Å². The predicted octanol–water partition coefficient (Wildman–Crippen LogP) is 6.06. The van der Waals surface area contributed by atoms with E-state index in [4.69, 9.17) is 23.8 Å². The maximum absolute atomic E-state index is 13.2. The molecule has 0 aliphatic carbocycles. The Bertz CT molecular complexity index is 1880. The van der Waals surface area contributed by atoms with Gasteiger partial charge in [-0.1, -0.05) is 29.8 Å². The first kappa shape index (κ1) is 27.7. The molecule has 0 radical (unpaired) electrons. The van der Waals surface area contributed by atoms with Crippen molar-refractivity contribution in [3.8, 4) is 11.6 Å². The van der Waals surface area contributed by atoms with Gasteiger partial charge in [-0.05, 0) is 73.7 Å². The molecule has 41 heavy (non-hydrogen) atoms. The standard InChI is InChI=1S/C28H23ClFN7O3S/c1-16-24(27(40)37(35(16)2)20-6-4-3-5-7-20)32-28(41)34-33-25-21-14-17(29)8-13-22(21)36(26(25)39)15-23(38)31-19-11-9-18(30)10-12-19/h3-14,39H,15H2,1-2H3,(H,31,38)(H,32,41). The number of hydrogen-bond acceptors (Lipinski definition) is 5. The lowest BCUT2D eigenvalue weighted by Crippen LogP contribution is -2.21. The predicted molar refractivity (Wildman–Crippen MR) is 160 cm³/mol. The van der Waals surface area contributed by atoms with Gasteiger partial charge in [0.05, 0.1) is 16.9 Å². The summed E-state index contributed by atoms with van der Waals surface area (Å²) in [7, 11) is 1.75. The number of carbonyl (C=O) groups excluding carboxylic acids is 1. The number of anilines is 2. The van der Waals surface area contributed by atoms with E-state index in [2.05, 4.69) is 20.9 Å². The topological polar surface area (TPSA) is 118 Å². The van der Waals surface area contributed by atoms with Crippen LogP contribution in [-0.2, 0) is 18.4 Å². The van der Waals surface area contributed by atoms with Gasteiger partial charge in [-0.2, -0.15) is 0 Å². The number of aromatic hydroxyl groups is 1. The van der Waals surface area contributed by atoms with Crippen LogP contribution in [0.15, 0.2) is 87.8 Å². The zero-order chi connectivity index (χ0) is 29.3. The Hall–Kier alpha value is -4.81. The average molecular weight is 592 g/mol. The van der Waals surface area contributed by atoms with Crippen LogP contribution in [0.25, 0.3) is 16.6 Å². The van der Waals surface area contributed by atoms with Gasteiger partial charge in [-0.25, -0.2) is 9.07 Å². The fraction of sp³-hybridized carbons (Fsp3) is 0.107. The van der Waals surface area contributed by atoms with Gasteiger partial charge in [-0.3, -0.25) is 14.3 Å². The van der Waals surface area contributed by atoms with E-state index in [0.717, 1.165) is 0 Å². The Morgan fingerprint density at radius 2 is 1.78 bits per heavy atom. The summed E-state index contributed by atoms with van der Waals surface area (Å²) in [5.41, 5.74) is 2.11. The fourth-order valence-corrected chi connectivity index (χ4v) is 4.69. The van der Waals surface area contributed by atoms with E-state index in [1.54, 1.807) is 36.9 Å². The summed E-state index contributed by atoms with van der Waals surface area (Å²) in [5, 5.41) is 25.4. The summed E-state index contributed by atoms with van der Waals surface area (Å²) < 4.78 is 17.7. The number of nitrogens with zero attached hydrogens (tertiary/aromatic N) is 5. The smallest absolute Gasteiger partial charge is 0.295 e. The molecule has 3 aromatic carbocycles. The summed E-state index contributed by atoms with van der Waals surface area (Å²) in [6, 6.07) is 19.3. The van der Waals surface area contributed by atoms with Crippen LogP contribution in [-0.4, -0.2) is 30.1 Å². The first-order chi connectivity index (χ1) is 19.6. The summed E-state index contributed by atoms with van der Waals surface area (Å²) in [4.78, 5) is 25.9. The minimum Gasteiger partial charge on any atom is -0.493 e. The van der Waals surface area contributed by atoms with Gasteiger partial charge >= 0.3 is 0 Å². The second-order valence-corrected chi connectivity index (χ2v) is 9.86. The monoisotopic (exact) mass is 591 g/mol. The zero-order valence-electron chi connectivity index (χ0n) is 21.8. The average Bonchev–Trinajstić information content (AvgIpc) is 3.32. The molecule has 0 aliphatic heterocycles. The van der Waals surface area contributed by atoms with Crippen LogP contribution in [0.4, 0.5) is 21.5 Å². The second-order valence-electron chi connectivity index (χ2n) is 9.04. The number of nitrogens with one attached hydrogen (secondary N) is 2. The van der Waals surface area contributed by atoms with E-state index in [1.165, 1.54) is 33.5 Å². The van der Waals surface area contributed by atoms with Crippen LogP contribution in [0, 0.1) is 12.7 Å². The normalized spacial score (nSPS) is 11.3. The molecule has 3 N–H and O–H groups in total. The van der Waals surface area contributed by atoms with Crippen molar-refractivity contribution in [3.63, 3.8) is 0 Å². The maximum atomic E-state index is 13.2. The third kappa shape index (κ3) is 5.60. The van der Waals surface area contributed by atoms with Crippen molar-refractivity contribution in [1.82, 2.24) is 13.9 Å². The van der Waals surface area contributed by atoms with Crippen molar-refractivity contribution in [3.05, 3.63) is 99.7 Å². The summed E-state index contributed by atoms with van der Waals surface area (Å²) in [5.74, 6) is -1.24. The van der Waals surface area contributed by atoms with Crippen molar-refractivity contribution in [2.24, 2.45) is 17.3 Å². The highest BCUT2D eigenvalue weighted by molar-refractivity contribution is 7.80. The third-order valence-electron chi connectivity index (χ3n) is 6.43. The van der Waals surface area contributed by atoms with Crippen LogP contribution in [0.3, 0.4) is 0 Å². The number of fused-ring (bicyclic) bond motifs is 1. The van der Waals surface area contributed by atoms with E-state index >= 15 is 0 Å². The highest BCUT2D eigenvalue weighted by Gasteiger charge is 2.20. The van der Waals surface area contributed by atoms with Crippen LogP contribution in [0.5, 0.6) is 5.88 Å². The number of amides is 1. The lowest BCUT2D eigenvalue weighted by molar-refractivity contribution is -0.116. The van der Waals surface area contributed by atoms with E-state index in [1.807, 2.05) is 30.3 Å². The highest BCUT2D eigenvalue weighted by atomic mass is 35.5. The molecular formula is C28H23ClFN7O3S. The van der Waals surface area contributed by atoms with Crippen molar-refractivity contribution >= 4 is 62.8 Å². The van der Waals surface area contributed by atoms with Gasteiger partial charge in [0.15, 0.2) is 5.69 Å². The number of carbonyl (C=O) groups is 1. The molecule has 1 amide bonds. The Kier molecular flexibility index (Phi) is 7.68. The molecule has 5 aromatic rings. The van der Waals surface area contributed by atoms with Crippen LogP contribution < -0.4 is 16.2 Å². The van der Waals surface area contributed by atoms with E-state index in [0.29, 0.717) is 33.0 Å². The minimum absolute atomic E-state index is 0.0349. The van der Waals surface area contributed by atoms with Gasteiger partial charge in [-0.15, -0.1) is 10.2 Å². The molecule has 0 saturated carbocycles. The van der Waals surface area contributed by atoms with Crippen LogP contribution in [0.1, 0.15) is 5.69 Å². The van der Waals surface area contributed by atoms with Crippen molar-refractivity contribution in [2.45, 2.75) is 13.5 Å². The molecule has 0 saturated heterocycles. The molecule has 0 atom stereocenters. The molecule has 0 bridgehead atoms. The SMILES string of the molecule is Cc1c(NC(=S)N=Nc2c(O)n(CC(=O)Nc3ccc(F)cc3)c3ccc(Cl)cc23)c(=O)n(-c2ccccc2)n1C. The number of halogens is 2. The number of azo groups is 1. The number of benzene rings is 3. The Morgan fingerprint density at radius 1 is 1.07 bits per heavy atom. The number of hydrogen-bond donors (Lipinski definition) is 3. The zero-order valence-corrected chi connectivity index (χ0v) is 23.4. The molecular weight excluding hydrogens is 569 g/mol. The molecule has 0 aliphatic rings. The minimum atomic E-state index is -0.464. The molecule has 10 nitrogen and oxygen atoms in total. The van der Waals surface area contributed by atoms with Gasteiger partial charge in [0.25, 0.3) is 5.56 Å². The highest BCUT2D eigenvalue weighted by Crippen LogP contribution is 2.40. The number of thiocarbonyl (C=S) groups is 1. The van der Waals surface area contributed by atoms with Gasteiger partial charge in [0.2, 0.25) is 16.9 Å². The lowest BCUT2D eigenvalue weighted by atomic mass is 10.2. The van der Waals surface area contributed by atoms with Crippen molar-refractivity contribution < 1.29 is 14.3 Å². The van der Waals surface area contributed by atoms with Crippen LogP contribution >= 0.6 is 23.8 Å². The fourth-order valence-electron chi connectivity index (χ4n) is 4.37. The number of rotatable bonds is 6. The van der Waals surface area contributed by atoms with E-state index < -0.39 is 11.7 Å². The Balaban J connectivity index is 1.42. The quantitative estimate of drug-likeness (QED) is 0.164. The first-order valence-corrected chi connectivity index (χ1v) is 13.1. The van der Waals surface area contributed by atoms with Crippen molar-refractivity contribution in [1.29, 1.82) is 0 Å². The Labute approximate surface area is 243 Å². The van der Waals surface area contributed by atoms with E-state index in [-0.39, 0.29) is 34.5 Å². The first-order valence-electron chi connectivity index (χ1n) is 12.3. The lowest BCUT2D eigenvalue weighted by Gasteiger charge is -2.08. The number of para-hydroxylation sites is 1. The molecule has 13 heteroatoms. The summed E-state index contributed by atoms with van der Waals surface area (Å²) >= 11 is 11.5. The molecule has 2 aromatic heterocycles. The molecule has 5 rings (SSSR count). The summed E-state index contributed by atoms with van der Waals surface area (Å²) in [6.45, 7) is 1.49. The Morgan fingerprint density at radius 3 is 2.49 bits per heavy atom. The van der Waals surface area contributed by atoms with Crippen molar-refractivity contribution in [2.75, 3.05) is 10.6 Å².